The molecule has 2 N–H and O–H groups in total. The van der Waals surface area contributed by atoms with Crippen LogP contribution in [-0.2, 0) is 12.8 Å². The van der Waals surface area contributed by atoms with Gasteiger partial charge in [-0.15, -0.1) is 0 Å². The molecular weight excluding hydrogens is 248 g/mol. The lowest BCUT2D eigenvalue weighted by Crippen LogP contribution is -2.04. The number of benzene rings is 3. The molecule has 0 amide bonds. The first-order chi connectivity index (χ1) is 9.58. The van der Waals surface area contributed by atoms with Crippen LogP contribution in [0.2, 0.25) is 0 Å². The van der Waals surface area contributed by atoms with E-state index in [1.165, 1.54) is 21.9 Å². The van der Waals surface area contributed by atoms with E-state index in [9.17, 15) is 10.2 Å². The molecule has 2 heteroatoms. The summed E-state index contributed by atoms with van der Waals surface area (Å²) in [5.74, 6) is 0.761. The second-order valence-corrected chi connectivity index (χ2v) is 5.77. The van der Waals surface area contributed by atoms with Crippen LogP contribution in [0.4, 0.5) is 0 Å². The quantitative estimate of drug-likeness (QED) is 0.600. The van der Waals surface area contributed by atoms with Crippen molar-refractivity contribution in [2.45, 2.75) is 26.7 Å². The average Bonchev–Trinajstić information content (AvgIpc) is 2.44. The molecule has 0 heterocycles. The van der Waals surface area contributed by atoms with Crippen molar-refractivity contribution in [3.05, 3.63) is 46.5 Å². The predicted octanol–water partition coefficient (Wildman–Crippen LogP) is 4.12. The number of aryl methyl sites for hydroxylation is 3. The molecule has 0 saturated carbocycles. The van der Waals surface area contributed by atoms with Gasteiger partial charge in [0.05, 0.1) is 0 Å². The fraction of sp³-hybridized carbons (Fsp3) is 0.222. The van der Waals surface area contributed by atoms with Crippen LogP contribution in [0.5, 0.6) is 11.5 Å². The summed E-state index contributed by atoms with van der Waals surface area (Å²) in [6.45, 7) is 3.95. The Kier molecular flexibility index (Phi) is 2.12. The topological polar surface area (TPSA) is 40.5 Å². The number of hydrogen-bond acceptors (Lipinski definition) is 2. The predicted molar refractivity (Wildman–Crippen MR) is 81.7 cm³/mol. The lowest BCUT2D eigenvalue weighted by atomic mass is 9.82. The maximum Gasteiger partial charge on any atom is 0.119 e. The molecule has 0 fully saturated rings. The Labute approximate surface area is 117 Å². The summed E-state index contributed by atoms with van der Waals surface area (Å²) in [7, 11) is 0. The number of phenolic OH excluding ortho intramolecular Hbond substituents is 2. The van der Waals surface area contributed by atoms with Crippen LogP contribution in [0.1, 0.15) is 22.3 Å². The van der Waals surface area contributed by atoms with E-state index in [1.54, 1.807) is 0 Å². The van der Waals surface area contributed by atoms with Gasteiger partial charge in [0.25, 0.3) is 0 Å². The maximum absolute atomic E-state index is 10.1. The molecule has 3 aromatic carbocycles. The van der Waals surface area contributed by atoms with Crippen LogP contribution in [0.3, 0.4) is 0 Å². The van der Waals surface area contributed by atoms with Crippen LogP contribution in [-0.4, -0.2) is 10.2 Å². The molecule has 0 unspecified atom stereocenters. The van der Waals surface area contributed by atoms with Crippen LogP contribution >= 0.6 is 0 Å². The van der Waals surface area contributed by atoms with Crippen molar-refractivity contribution >= 4 is 21.5 Å². The number of hydrogen-bond donors (Lipinski definition) is 2. The van der Waals surface area contributed by atoms with Gasteiger partial charge in [-0.3, -0.25) is 0 Å². The van der Waals surface area contributed by atoms with Crippen LogP contribution in [0, 0.1) is 13.8 Å². The van der Waals surface area contributed by atoms with E-state index in [0.717, 1.165) is 34.7 Å². The highest BCUT2D eigenvalue weighted by Crippen LogP contribution is 2.42. The summed E-state index contributed by atoms with van der Waals surface area (Å²) in [5.41, 5.74) is 4.39. The van der Waals surface area contributed by atoms with E-state index in [-0.39, 0.29) is 0 Å². The molecule has 3 aromatic rings. The Bertz CT molecular complexity index is 891. The zero-order valence-corrected chi connectivity index (χ0v) is 11.6. The second kappa shape index (κ2) is 3.66. The van der Waals surface area contributed by atoms with Gasteiger partial charge >= 0.3 is 0 Å². The van der Waals surface area contributed by atoms with Crippen LogP contribution in [0.15, 0.2) is 24.3 Å². The molecule has 4 rings (SSSR count). The van der Waals surface area contributed by atoms with Crippen molar-refractivity contribution in [2.24, 2.45) is 0 Å². The highest BCUT2D eigenvalue weighted by atomic mass is 16.3. The minimum atomic E-state index is 0.380. The van der Waals surface area contributed by atoms with Gasteiger partial charge in [0.15, 0.2) is 0 Å². The highest BCUT2D eigenvalue weighted by Gasteiger charge is 2.20. The maximum atomic E-state index is 10.1. The summed E-state index contributed by atoms with van der Waals surface area (Å²) in [6.07, 6.45) is 1.84. The number of aromatic hydroxyl groups is 2. The third-order valence-corrected chi connectivity index (χ3v) is 4.73. The molecule has 0 aromatic heterocycles. The Morgan fingerprint density at radius 1 is 0.850 bits per heavy atom. The van der Waals surface area contributed by atoms with Gasteiger partial charge in [-0.2, -0.15) is 0 Å². The molecule has 0 spiro atoms. The zero-order chi connectivity index (χ0) is 14.0. The van der Waals surface area contributed by atoms with Crippen molar-refractivity contribution in [3.63, 3.8) is 0 Å². The fourth-order valence-electron chi connectivity index (χ4n) is 3.56. The third kappa shape index (κ3) is 1.29. The molecule has 0 bridgehead atoms. The van der Waals surface area contributed by atoms with Crippen molar-refractivity contribution in [1.29, 1.82) is 0 Å². The van der Waals surface area contributed by atoms with Crippen molar-refractivity contribution in [2.75, 3.05) is 0 Å². The van der Waals surface area contributed by atoms with Gasteiger partial charge in [0, 0.05) is 0 Å². The van der Waals surface area contributed by atoms with E-state index in [4.69, 9.17) is 0 Å². The van der Waals surface area contributed by atoms with E-state index in [0.29, 0.717) is 11.5 Å². The molecule has 0 saturated heterocycles. The Morgan fingerprint density at radius 2 is 1.60 bits per heavy atom. The van der Waals surface area contributed by atoms with Gasteiger partial charge in [0.1, 0.15) is 11.5 Å². The highest BCUT2D eigenvalue weighted by molar-refractivity contribution is 6.13. The van der Waals surface area contributed by atoms with Crippen LogP contribution in [0.25, 0.3) is 21.5 Å². The molecule has 2 nitrogen and oxygen atoms in total. The summed E-state index contributed by atoms with van der Waals surface area (Å²) >= 11 is 0. The van der Waals surface area contributed by atoms with Crippen LogP contribution < -0.4 is 0 Å². The molecule has 20 heavy (non-hydrogen) atoms. The van der Waals surface area contributed by atoms with Gasteiger partial charge < -0.3 is 10.2 Å². The normalized spacial score (nSPS) is 13.5. The monoisotopic (exact) mass is 264 g/mol. The minimum absolute atomic E-state index is 0.380. The van der Waals surface area contributed by atoms with E-state index < -0.39 is 0 Å². The largest absolute Gasteiger partial charge is 0.508 e. The number of rotatable bonds is 0. The molecule has 1 aliphatic rings. The van der Waals surface area contributed by atoms with E-state index >= 15 is 0 Å². The standard InChI is InChI=1S/C18H16O2/c1-9-13-5-3-12-8-16(20)10(2)14-6-4-11(7-15(9)19)17(13)18(12)14/h3,5,7-8,19-20H,4,6H2,1-2H3. The first kappa shape index (κ1) is 11.6. The average molecular weight is 264 g/mol. The summed E-state index contributed by atoms with van der Waals surface area (Å²) < 4.78 is 0. The second-order valence-electron chi connectivity index (χ2n) is 5.77. The fourth-order valence-corrected chi connectivity index (χ4v) is 3.56. The molecular formula is C18H16O2. The summed E-state index contributed by atoms with van der Waals surface area (Å²) in [6, 6.07) is 7.86. The Balaban J connectivity index is 2.35. The molecule has 0 aliphatic heterocycles. The van der Waals surface area contributed by atoms with Gasteiger partial charge in [-0.1, -0.05) is 12.1 Å². The third-order valence-electron chi connectivity index (χ3n) is 4.73. The van der Waals surface area contributed by atoms with Gasteiger partial charge in [-0.05, 0) is 82.6 Å². The summed E-state index contributed by atoms with van der Waals surface area (Å²) in [4.78, 5) is 0. The number of phenols is 2. The lowest BCUT2D eigenvalue weighted by Gasteiger charge is -2.22. The zero-order valence-electron chi connectivity index (χ0n) is 11.6. The lowest BCUT2D eigenvalue weighted by molar-refractivity contribution is 0.470. The van der Waals surface area contributed by atoms with Crippen molar-refractivity contribution < 1.29 is 10.2 Å². The smallest absolute Gasteiger partial charge is 0.119 e. The molecule has 0 atom stereocenters. The molecule has 0 radical (unpaired) electrons. The first-order valence-electron chi connectivity index (χ1n) is 6.97. The van der Waals surface area contributed by atoms with E-state index in [1.807, 2.05) is 32.0 Å². The summed E-state index contributed by atoms with van der Waals surface area (Å²) in [5, 5.41) is 24.9. The minimum Gasteiger partial charge on any atom is -0.508 e. The van der Waals surface area contributed by atoms with Crippen molar-refractivity contribution in [3.8, 4) is 11.5 Å². The van der Waals surface area contributed by atoms with Crippen molar-refractivity contribution in [1.82, 2.24) is 0 Å². The molecule has 1 aliphatic carbocycles. The van der Waals surface area contributed by atoms with E-state index in [2.05, 4.69) is 6.07 Å². The first-order valence-corrected chi connectivity index (χ1v) is 6.97. The Morgan fingerprint density at radius 3 is 2.40 bits per heavy atom. The van der Waals surface area contributed by atoms with Gasteiger partial charge in [-0.25, -0.2) is 0 Å². The molecule has 100 valence electrons. The van der Waals surface area contributed by atoms with Gasteiger partial charge in [0.2, 0.25) is 0 Å². The SMILES string of the molecule is Cc1c(O)cc2ccc3c(C)c(O)cc4c3c2c1CC4. The Hall–Kier alpha value is -2.22.